The van der Waals surface area contributed by atoms with E-state index in [-0.39, 0.29) is 15.6 Å². The molecule has 0 spiro atoms. The molecule has 1 heteroatoms. The molecule has 256 valence electrons. The predicted molar refractivity (Wildman–Crippen MR) is 221 cm³/mol. The van der Waals surface area contributed by atoms with Crippen molar-refractivity contribution in [1.29, 1.82) is 0 Å². The van der Waals surface area contributed by atoms with Crippen LogP contribution in [0, 0.1) is 22.7 Å². The lowest BCUT2D eigenvalue weighted by molar-refractivity contribution is 0.288. The lowest BCUT2D eigenvalue weighted by Crippen LogP contribution is -2.40. The highest BCUT2D eigenvalue weighted by atomic mass is 32.2. The van der Waals surface area contributed by atoms with E-state index in [1.165, 1.54) is 57.0 Å². The van der Waals surface area contributed by atoms with Gasteiger partial charge in [-0.2, -0.15) is 0 Å². The summed E-state index contributed by atoms with van der Waals surface area (Å²) in [6.45, 7) is 10.1. The van der Waals surface area contributed by atoms with Gasteiger partial charge in [0.2, 0.25) is 0 Å². The molecule has 0 amide bonds. The van der Waals surface area contributed by atoms with E-state index >= 15 is 0 Å². The molecule has 4 aliphatic carbocycles. The van der Waals surface area contributed by atoms with Gasteiger partial charge in [-0.15, -0.1) is 11.8 Å². The van der Waals surface area contributed by atoms with E-state index in [2.05, 4.69) is 179 Å². The molecule has 6 atom stereocenters. The summed E-state index contributed by atoms with van der Waals surface area (Å²) in [6, 6.07) is 36.3. The molecule has 0 N–H and O–H groups in total. The van der Waals surface area contributed by atoms with Crippen LogP contribution in [0.2, 0.25) is 0 Å². The Balaban J connectivity index is 1.20. The average Bonchev–Trinajstić information content (AvgIpc) is 3.58. The molecule has 9 rings (SSSR count). The van der Waals surface area contributed by atoms with Crippen molar-refractivity contribution in [3.63, 3.8) is 0 Å². The fourth-order valence-corrected chi connectivity index (χ4v) is 12.1. The Kier molecular flexibility index (Phi) is 8.08. The zero-order chi connectivity index (χ0) is 34.8. The lowest BCUT2D eigenvalue weighted by Gasteiger charge is -2.50. The zero-order valence-corrected chi connectivity index (χ0v) is 31.5. The van der Waals surface area contributed by atoms with Crippen molar-refractivity contribution < 1.29 is 0 Å². The maximum absolute atomic E-state index is 2.74. The van der Waals surface area contributed by atoms with E-state index in [0.29, 0.717) is 17.1 Å². The van der Waals surface area contributed by atoms with E-state index in [0.717, 1.165) is 25.7 Å². The summed E-state index contributed by atoms with van der Waals surface area (Å²) in [5.41, 5.74) is 13.3. The monoisotopic (exact) mass is 682 g/mol. The van der Waals surface area contributed by atoms with Crippen molar-refractivity contribution in [1.82, 2.24) is 0 Å². The third-order valence-electron chi connectivity index (χ3n) is 13.3. The fraction of sp³-hybridized carbons (Fsp3) is 0.320. The predicted octanol–water partition coefficient (Wildman–Crippen LogP) is 14.1. The normalized spacial score (nSPS) is 31.5. The van der Waals surface area contributed by atoms with Crippen LogP contribution in [0.1, 0.15) is 82.6 Å². The van der Waals surface area contributed by atoms with Gasteiger partial charge in [-0.05, 0) is 124 Å². The fourth-order valence-electron chi connectivity index (χ4n) is 10.3. The van der Waals surface area contributed by atoms with Gasteiger partial charge in [-0.25, -0.2) is 0 Å². The Hall–Kier alpha value is -4.07. The van der Waals surface area contributed by atoms with Crippen LogP contribution in [-0.2, 0) is 0 Å². The Morgan fingerprint density at radius 2 is 1.55 bits per heavy atom. The van der Waals surface area contributed by atoms with E-state index in [4.69, 9.17) is 0 Å². The van der Waals surface area contributed by atoms with Crippen LogP contribution in [0.15, 0.2) is 162 Å². The molecule has 5 aliphatic rings. The molecule has 4 aromatic rings. The minimum atomic E-state index is 0.0100. The van der Waals surface area contributed by atoms with Crippen LogP contribution in [0.3, 0.4) is 0 Å². The summed E-state index contributed by atoms with van der Waals surface area (Å²) in [4.78, 5) is 0. The van der Waals surface area contributed by atoms with E-state index in [9.17, 15) is 0 Å². The minimum Gasteiger partial charge on any atom is -0.146 e. The molecule has 0 radical (unpaired) electrons. The Morgan fingerprint density at radius 3 is 2.37 bits per heavy atom. The van der Waals surface area contributed by atoms with Crippen molar-refractivity contribution in [2.45, 2.75) is 76.2 Å². The number of allylic oxidation sites excluding steroid dienone is 12. The number of benzene rings is 4. The van der Waals surface area contributed by atoms with E-state index in [1.54, 1.807) is 16.7 Å². The topological polar surface area (TPSA) is 0 Å². The largest absolute Gasteiger partial charge is 0.146 e. The minimum absolute atomic E-state index is 0.0100. The molecule has 1 aliphatic heterocycles. The summed E-state index contributed by atoms with van der Waals surface area (Å²) in [6.07, 6.45) is 24.6. The van der Waals surface area contributed by atoms with Crippen LogP contribution in [0.5, 0.6) is 0 Å². The molecule has 0 bridgehead atoms. The third kappa shape index (κ3) is 5.42. The number of hydrogen-bond acceptors (Lipinski definition) is 1. The van der Waals surface area contributed by atoms with Gasteiger partial charge in [0, 0.05) is 20.8 Å². The van der Waals surface area contributed by atoms with Crippen LogP contribution >= 0.6 is 11.8 Å². The van der Waals surface area contributed by atoms with Gasteiger partial charge in [0.05, 0.1) is 0 Å². The quantitative estimate of drug-likeness (QED) is 0.189. The van der Waals surface area contributed by atoms with Crippen LogP contribution in [0.25, 0.3) is 27.5 Å². The summed E-state index contributed by atoms with van der Waals surface area (Å²) in [5, 5.41) is 3.23. The molecule has 0 nitrogen and oxygen atoms in total. The second-order valence-electron chi connectivity index (χ2n) is 16.6. The lowest BCUT2D eigenvalue weighted by atomic mass is 9.54. The van der Waals surface area contributed by atoms with Gasteiger partial charge in [0.15, 0.2) is 0 Å². The maximum atomic E-state index is 2.74. The standard InChI is InChI=1S/C50H50S/c1-34-23-26-41-43(31-34)47(38-25-24-36-19-13-21-40(42(36)32-38)35-15-7-5-8-16-35)49(3)29-12-11-22-44(49)46(41)39-20-14-28-48(2,33-39)50(4)30-27-45(51-50)37-17-9-6-10-18-37/h5-21,23-26,32-34,44-45H,22,27-31H2,1-4H3. The third-order valence-corrected chi connectivity index (χ3v) is 15.3. The second-order valence-corrected chi connectivity index (χ2v) is 18.3. The summed E-state index contributed by atoms with van der Waals surface area (Å²) < 4.78 is 0.182. The Morgan fingerprint density at radius 1 is 0.745 bits per heavy atom. The summed E-state index contributed by atoms with van der Waals surface area (Å²) in [7, 11) is 0. The van der Waals surface area contributed by atoms with Crippen molar-refractivity contribution in [3.8, 4) is 11.1 Å². The second kappa shape index (κ2) is 12.6. The average molecular weight is 683 g/mol. The van der Waals surface area contributed by atoms with Gasteiger partial charge in [0.25, 0.3) is 0 Å². The summed E-state index contributed by atoms with van der Waals surface area (Å²) in [5.74, 6) is 0.943. The number of fused-ring (bicyclic) bond motifs is 3. The molecule has 4 aromatic carbocycles. The van der Waals surface area contributed by atoms with Crippen molar-refractivity contribution in [3.05, 3.63) is 173 Å². The molecule has 51 heavy (non-hydrogen) atoms. The van der Waals surface area contributed by atoms with Crippen molar-refractivity contribution in [2.24, 2.45) is 22.7 Å². The highest BCUT2D eigenvalue weighted by Gasteiger charge is 2.51. The number of rotatable bonds is 5. The van der Waals surface area contributed by atoms with E-state index in [1.807, 2.05) is 0 Å². The highest BCUT2D eigenvalue weighted by Crippen LogP contribution is 2.64. The number of hydrogen-bond donors (Lipinski definition) is 0. The number of thioether (sulfide) groups is 1. The van der Waals surface area contributed by atoms with Crippen LogP contribution in [-0.4, -0.2) is 4.75 Å². The molecule has 0 saturated carbocycles. The SMILES string of the molecule is CC1C=CC2=C(C3=CC(C)(C4(C)CCC(c5ccccc5)S4)CC=C3)C3CC=CCC3(C)C(c3ccc4cccc(-c5ccccc5)c4c3)=C2C1. The first kappa shape index (κ1) is 32.8. The molecule has 1 heterocycles. The smallest absolute Gasteiger partial charge is 0.0303 e. The molecule has 1 saturated heterocycles. The van der Waals surface area contributed by atoms with Crippen molar-refractivity contribution >= 4 is 28.1 Å². The Bertz CT molecular complexity index is 2190. The maximum Gasteiger partial charge on any atom is 0.0303 e. The first-order valence-corrected chi connectivity index (χ1v) is 20.2. The van der Waals surface area contributed by atoms with Gasteiger partial charge >= 0.3 is 0 Å². The van der Waals surface area contributed by atoms with Crippen LogP contribution < -0.4 is 0 Å². The van der Waals surface area contributed by atoms with Gasteiger partial charge < -0.3 is 0 Å². The van der Waals surface area contributed by atoms with Gasteiger partial charge in [0.1, 0.15) is 0 Å². The van der Waals surface area contributed by atoms with Gasteiger partial charge in [-0.3, -0.25) is 0 Å². The highest BCUT2D eigenvalue weighted by molar-refractivity contribution is 8.01. The van der Waals surface area contributed by atoms with Crippen LogP contribution in [0.4, 0.5) is 0 Å². The zero-order valence-electron chi connectivity index (χ0n) is 30.7. The van der Waals surface area contributed by atoms with Gasteiger partial charge in [-0.1, -0.05) is 154 Å². The molecule has 0 aromatic heterocycles. The van der Waals surface area contributed by atoms with Crippen molar-refractivity contribution in [2.75, 3.05) is 0 Å². The summed E-state index contributed by atoms with van der Waals surface area (Å²) >= 11 is 2.23. The molecule has 1 fully saturated rings. The molecular formula is C50H50S. The molecule has 6 unspecified atom stereocenters. The first-order valence-electron chi connectivity index (χ1n) is 19.3. The molecular weight excluding hydrogens is 633 g/mol. The Labute approximate surface area is 309 Å². The van der Waals surface area contributed by atoms with E-state index < -0.39 is 0 Å². The first-order chi connectivity index (χ1) is 24.8.